The Balaban J connectivity index is 0.000000545. The third kappa shape index (κ3) is 3.58. The normalized spacial score (nSPS) is 16.3. The van der Waals surface area contributed by atoms with E-state index in [9.17, 15) is 5.11 Å². The van der Waals surface area contributed by atoms with Crippen LogP contribution in [0.4, 0.5) is 11.4 Å². The Hall–Kier alpha value is -1.62. The molecule has 3 rings (SSSR count). The molecule has 0 saturated carbocycles. The van der Waals surface area contributed by atoms with Crippen molar-refractivity contribution in [3.8, 4) is 0 Å². The van der Waals surface area contributed by atoms with E-state index < -0.39 is 6.23 Å². The van der Waals surface area contributed by atoms with Crippen LogP contribution < -0.4 is 10.2 Å². The standard InChI is InChI=1S/C14H11ClN2OS.C3H8/c15-9-4-3-5-10(8-9)17-13(18)11-6-1-2-7-12(11)16-14(17)19;1-3-2/h1-8,13,18H,(H,16,19);3H2,1-2H3. The van der Waals surface area contributed by atoms with Crippen molar-refractivity contribution >= 4 is 40.3 Å². The average Bonchev–Trinajstić information content (AvgIpc) is 2.48. The fourth-order valence-corrected chi connectivity index (χ4v) is 2.65. The molecule has 116 valence electrons. The molecule has 5 heteroatoms. The minimum atomic E-state index is -0.816. The summed E-state index contributed by atoms with van der Waals surface area (Å²) in [6, 6.07) is 14.8. The molecule has 0 amide bonds. The minimum absolute atomic E-state index is 0.452. The summed E-state index contributed by atoms with van der Waals surface area (Å²) in [5, 5.41) is 14.7. The summed E-state index contributed by atoms with van der Waals surface area (Å²) in [6.07, 6.45) is 0.434. The number of para-hydroxylation sites is 1. The Labute approximate surface area is 141 Å². The number of aliphatic hydroxyl groups is 1. The number of hydrogen-bond donors (Lipinski definition) is 2. The Morgan fingerprint density at radius 2 is 1.86 bits per heavy atom. The lowest BCUT2D eigenvalue weighted by Crippen LogP contribution is -2.42. The molecule has 1 atom stereocenters. The van der Waals surface area contributed by atoms with Crippen molar-refractivity contribution < 1.29 is 5.11 Å². The highest BCUT2D eigenvalue weighted by molar-refractivity contribution is 7.80. The highest BCUT2D eigenvalue weighted by Crippen LogP contribution is 2.35. The van der Waals surface area contributed by atoms with E-state index in [4.69, 9.17) is 23.8 Å². The molecule has 1 aliphatic heterocycles. The first kappa shape index (κ1) is 16.7. The second-order valence-electron chi connectivity index (χ2n) is 4.95. The van der Waals surface area contributed by atoms with Gasteiger partial charge in [-0.1, -0.05) is 56.1 Å². The highest BCUT2D eigenvalue weighted by atomic mass is 35.5. The van der Waals surface area contributed by atoms with Crippen LogP contribution in [0.5, 0.6) is 0 Å². The summed E-state index contributed by atoms with van der Waals surface area (Å²) < 4.78 is 0. The van der Waals surface area contributed by atoms with Gasteiger partial charge < -0.3 is 10.4 Å². The molecule has 0 saturated heterocycles. The summed E-state index contributed by atoms with van der Waals surface area (Å²) in [6.45, 7) is 4.25. The number of fused-ring (bicyclic) bond motifs is 1. The summed E-state index contributed by atoms with van der Waals surface area (Å²) in [7, 11) is 0. The Morgan fingerprint density at radius 1 is 1.18 bits per heavy atom. The van der Waals surface area contributed by atoms with Crippen LogP contribution in [-0.2, 0) is 0 Å². The molecule has 2 aromatic rings. The van der Waals surface area contributed by atoms with Crippen LogP contribution in [0.2, 0.25) is 5.02 Å². The topological polar surface area (TPSA) is 35.5 Å². The predicted molar refractivity (Wildman–Crippen MR) is 97.5 cm³/mol. The van der Waals surface area contributed by atoms with Crippen molar-refractivity contribution in [2.24, 2.45) is 0 Å². The Kier molecular flexibility index (Phi) is 5.77. The van der Waals surface area contributed by atoms with E-state index in [0.717, 1.165) is 16.9 Å². The van der Waals surface area contributed by atoms with Crippen molar-refractivity contribution in [2.45, 2.75) is 26.5 Å². The molecule has 22 heavy (non-hydrogen) atoms. The predicted octanol–water partition coefficient (Wildman–Crippen LogP) is 4.96. The van der Waals surface area contributed by atoms with Gasteiger partial charge in [0.1, 0.15) is 0 Å². The van der Waals surface area contributed by atoms with Gasteiger partial charge in [-0.25, -0.2) is 0 Å². The average molecular weight is 335 g/mol. The molecule has 0 radical (unpaired) electrons. The van der Waals surface area contributed by atoms with E-state index in [1.54, 1.807) is 17.0 Å². The Bertz CT molecular complexity index is 663. The van der Waals surface area contributed by atoms with Crippen LogP contribution in [0, 0.1) is 0 Å². The number of nitrogens with zero attached hydrogens (tertiary/aromatic N) is 1. The molecule has 0 bridgehead atoms. The van der Waals surface area contributed by atoms with Crippen LogP contribution in [-0.4, -0.2) is 10.2 Å². The second-order valence-corrected chi connectivity index (χ2v) is 5.77. The highest BCUT2D eigenvalue weighted by Gasteiger charge is 2.29. The molecule has 1 aliphatic rings. The first-order valence-electron chi connectivity index (χ1n) is 7.21. The summed E-state index contributed by atoms with van der Waals surface area (Å²) >= 11 is 11.3. The molecule has 1 heterocycles. The van der Waals surface area contributed by atoms with E-state index in [1.165, 1.54) is 6.42 Å². The van der Waals surface area contributed by atoms with Crippen LogP contribution in [0.25, 0.3) is 0 Å². The smallest absolute Gasteiger partial charge is 0.180 e. The van der Waals surface area contributed by atoms with Crippen molar-refractivity contribution in [1.82, 2.24) is 0 Å². The summed E-state index contributed by atoms with van der Waals surface area (Å²) in [4.78, 5) is 1.64. The summed E-state index contributed by atoms with van der Waals surface area (Å²) in [5.41, 5.74) is 2.38. The zero-order valence-electron chi connectivity index (χ0n) is 12.6. The number of halogens is 1. The van der Waals surface area contributed by atoms with Crippen molar-refractivity contribution in [2.75, 3.05) is 10.2 Å². The minimum Gasteiger partial charge on any atom is -0.369 e. The third-order valence-corrected chi connectivity index (χ3v) is 3.56. The van der Waals surface area contributed by atoms with E-state index in [0.29, 0.717) is 10.1 Å². The number of thiocarbonyl (C=S) groups is 1. The van der Waals surface area contributed by atoms with Gasteiger partial charge in [0.05, 0.1) is 0 Å². The van der Waals surface area contributed by atoms with E-state index in [1.807, 2.05) is 36.4 Å². The fourth-order valence-electron chi connectivity index (χ4n) is 2.15. The molecule has 3 nitrogen and oxygen atoms in total. The number of anilines is 2. The van der Waals surface area contributed by atoms with E-state index in [-0.39, 0.29) is 0 Å². The van der Waals surface area contributed by atoms with Gasteiger partial charge in [-0.05, 0) is 36.5 Å². The van der Waals surface area contributed by atoms with Gasteiger partial charge in [-0.2, -0.15) is 0 Å². The maximum Gasteiger partial charge on any atom is 0.180 e. The first-order valence-corrected chi connectivity index (χ1v) is 7.99. The Morgan fingerprint density at radius 3 is 2.55 bits per heavy atom. The lowest BCUT2D eigenvalue weighted by atomic mass is 10.1. The van der Waals surface area contributed by atoms with Crippen LogP contribution in [0.3, 0.4) is 0 Å². The van der Waals surface area contributed by atoms with Gasteiger partial charge in [0.15, 0.2) is 11.3 Å². The zero-order chi connectivity index (χ0) is 16.1. The first-order chi connectivity index (χ1) is 10.6. The number of hydrogen-bond acceptors (Lipinski definition) is 2. The lowest BCUT2D eigenvalue weighted by Gasteiger charge is -2.36. The number of nitrogens with one attached hydrogen (secondary N) is 1. The van der Waals surface area contributed by atoms with Crippen LogP contribution >= 0.6 is 23.8 Å². The fraction of sp³-hybridized carbons (Fsp3) is 0.235. The van der Waals surface area contributed by atoms with Crippen LogP contribution in [0.15, 0.2) is 48.5 Å². The van der Waals surface area contributed by atoms with Crippen molar-refractivity contribution in [3.63, 3.8) is 0 Å². The lowest BCUT2D eigenvalue weighted by molar-refractivity contribution is 0.187. The molecular formula is C17H19ClN2OS. The van der Waals surface area contributed by atoms with Crippen molar-refractivity contribution in [3.05, 3.63) is 59.1 Å². The molecule has 0 aliphatic carbocycles. The maximum absolute atomic E-state index is 10.5. The quantitative estimate of drug-likeness (QED) is 0.722. The monoisotopic (exact) mass is 334 g/mol. The van der Waals surface area contributed by atoms with Gasteiger partial charge in [0.25, 0.3) is 0 Å². The largest absolute Gasteiger partial charge is 0.369 e. The molecular weight excluding hydrogens is 316 g/mol. The second kappa shape index (κ2) is 7.58. The molecule has 0 spiro atoms. The van der Waals surface area contributed by atoms with Gasteiger partial charge in [0, 0.05) is 22.0 Å². The van der Waals surface area contributed by atoms with E-state index in [2.05, 4.69) is 19.2 Å². The number of aliphatic hydroxyl groups excluding tert-OH is 1. The molecule has 1 unspecified atom stereocenters. The van der Waals surface area contributed by atoms with Gasteiger partial charge in [0.2, 0.25) is 0 Å². The number of rotatable bonds is 1. The third-order valence-electron chi connectivity index (χ3n) is 3.03. The van der Waals surface area contributed by atoms with Crippen LogP contribution in [0.1, 0.15) is 32.1 Å². The number of benzene rings is 2. The molecule has 2 aromatic carbocycles. The summed E-state index contributed by atoms with van der Waals surface area (Å²) in [5.74, 6) is 0. The van der Waals surface area contributed by atoms with E-state index >= 15 is 0 Å². The SMILES string of the molecule is CCC.OC1c2ccccc2NC(=S)N1c1cccc(Cl)c1. The van der Waals surface area contributed by atoms with Gasteiger partial charge in [-0.15, -0.1) is 0 Å². The van der Waals surface area contributed by atoms with Gasteiger partial charge in [-0.3, -0.25) is 4.90 Å². The molecule has 0 aromatic heterocycles. The molecule has 0 fully saturated rings. The van der Waals surface area contributed by atoms with Gasteiger partial charge >= 0.3 is 0 Å². The van der Waals surface area contributed by atoms with Crippen molar-refractivity contribution in [1.29, 1.82) is 0 Å². The maximum atomic E-state index is 10.5. The zero-order valence-corrected chi connectivity index (χ0v) is 14.2. The molecule has 2 N–H and O–H groups in total.